The van der Waals surface area contributed by atoms with Gasteiger partial charge in [-0.3, -0.25) is 4.79 Å². The van der Waals surface area contributed by atoms with E-state index in [0.717, 1.165) is 5.56 Å². The molecule has 2 aromatic rings. The lowest BCUT2D eigenvalue weighted by Crippen LogP contribution is -2.33. The Hall–Kier alpha value is -2.34. The van der Waals surface area contributed by atoms with Gasteiger partial charge in [0, 0.05) is 0 Å². The number of benzene rings is 2. The van der Waals surface area contributed by atoms with Gasteiger partial charge in [0.1, 0.15) is 5.75 Å². The second-order valence-electron chi connectivity index (χ2n) is 5.69. The van der Waals surface area contributed by atoms with Crippen LogP contribution in [0.2, 0.25) is 0 Å². The fraction of sp³-hybridized carbons (Fsp3) is 0.235. The second-order valence-corrected chi connectivity index (χ2v) is 7.77. The maximum Gasteiger partial charge on any atom is 0.255 e. The van der Waals surface area contributed by atoms with Crippen molar-refractivity contribution < 1.29 is 18.3 Å². The molecule has 0 saturated carbocycles. The highest BCUT2D eigenvalue weighted by Crippen LogP contribution is 2.32. The number of nitrogens with one attached hydrogen (secondary N) is 1. The number of carbonyl (C=O) groups is 1. The number of aryl methyl sites for hydroxylation is 1. The Morgan fingerprint density at radius 3 is 2.70 bits per heavy atom. The summed E-state index contributed by atoms with van der Waals surface area (Å²) in [6.07, 6.45) is 0.317. The third-order valence-corrected chi connectivity index (χ3v) is 5.82. The molecule has 1 amide bonds. The zero-order valence-corrected chi connectivity index (χ0v) is 13.4. The van der Waals surface area contributed by atoms with E-state index in [2.05, 4.69) is 5.32 Å². The van der Waals surface area contributed by atoms with Crippen LogP contribution < -0.4 is 5.32 Å². The lowest BCUT2D eigenvalue weighted by atomic mass is 10.0. The molecule has 0 saturated heterocycles. The number of hydrogen-bond acceptors (Lipinski definition) is 4. The molecule has 23 heavy (non-hydrogen) atoms. The predicted octanol–water partition coefficient (Wildman–Crippen LogP) is 2.35. The highest BCUT2D eigenvalue weighted by atomic mass is 32.2. The van der Waals surface area contributed by atoms with E-state index in [1.54, 1.807) is 36.4 Å². The molecule has 6 heteroatoms. The number of phenols is 1. The summed E-state index contributed by atoms with van der Waals surface area (Å²) in [5, 5.41) is 12.7. The zero-order valence-electron chi connectivity index (χ0n) is 12.6. The number of rotatable bonds is 2. The molecule has 0 aliphatic carbocycles. The summed E-state index contributed by atoms with van der Waals surface area (Å²) in [6.45, 7) is 1.82. The Morgan fingerprint density at radius 1 is 1.22 bits per heavy atom. The Labute approximate surface area is 134 Å². The van der Waals surface area contributed by atoms with Gasteiger partial charge in [-0.1, -0.05) is 24.3 Å². The summed E-state index contributed by atoms with van der Waals surface area (Å²) >= 11 is 0. The Balaban J connectivity index is 1.90. The van der Waals surface area contributed by atoms with Gasteiger partial charge in [0.25, 0.3) is 5.91 Å². The first-order valence-corrected chi connectivity index (χ1v) is 8.96. The maximum absolute atomic E-state index is 12.4. The summed E-state index contributed by atoms with van der Waals surface area (Å²) < 4.78 is 24.2. The molecule has 1 atom stereocenters. The fourth-order valence-corrected chi connectivity index (χ4v) is 4.43. The summed E-state index contributed by atoms with van der Waals surface area (Å²) in [5.41, 5.74) is 1.63. The normalized spacial score (nSPS) is 18.9. The van der Waals surface area contributed by atoms with Crippen molar-refractivity contribution >= 4 is 15.7 Å². The smallest absolute Gasteiger partial charge is 0.255 e. The summed E-state index contributed by atoms with van der Waals surface area (Å²) in [5.74, 6) is -0.504. The van der Waals surface area contributed by atoms with Crippen LogP contribution in [0.5, 0.6) is 5.75 Å². The molecule has 1 unspecified atom stereocenters. The number of phenolic OH excluding ortho intramolecular Hbond substituents is 1. The number of amides is 1. The topological polar surface area (TPSA) is 83.5 Å². The quantitative estimate of drug-likeness (QED) is 0.885. The molecule has 1 heterocycles. The number of fused-ring (bicyclic) bond motifs is 1. The molecule has 0 aromatic heterocycles. The van der Waals surface area contributed by atoms with Gasteiger partial charge in [-0.05, 0) is 42.7 Å². The van der Waals surface area contributed by atoms with Crippen LogP contribution in [-0.4, -0.2) is 25.2 Å². The van der Waals surface area contributed by atoms with E-state index >= 15 is 0 Å². The average molecular weight is 331 g/mol. The number of sulfone groups is 1. The first-order chi connectivity index (χ1) is 10.9. The molecule has 2 N–H and O–H groups in total. The molecule has 0 spiro atoms. The van der Waals surface area contributed by atoms with Crippen LogP contribution in [0.4, 0.5) is 0 Å². The minimum absolute atomic E-state index is 0.00512. The molecule has 0 fully saturated rings. The minimum atomic E-state index is -3.29. The molecule has 0 bridgehead atoms. The molecule has 3 rings (SSSR count). The van der Waals surface area contributed by atoms with E-state index in [1.807, 2.05) is 6.92 Å². The first-order valence-electron chi connectivity index (χ1n) is 7.30. The van der Waals surface area contributed by atoms with Gasteiger partial charge in [-0.2, -0.15) is 0 Å². The van der Waals surface area contributed by atoms with E-state index in [-0.39, 0.29) is 28.0 Å². The third kappa shape index (κ3) is 2.94. The van der Waals surface area contributed by atoms with Gasteiger partial charge in [0.15, 0.2) is 9.84 Å². The molecule has 1 aliphatic heterocycles. The van der Waals surface area contributed by atoms with Crippen LogP contribution in [0.25, 0.3) is 0 Å². The van der Waals surface area contributed by atoms with E-state index in [0.29, 0.717) is 12.0 Å². The van der Waals surface area contributed by atoms with Gasteiger partial charge in [0.05, 0.1) is 22.3 Å². The standard InChI is InChI=1S/C17H17NO4S/c1-11-6-7-13(15(19)10-11)17(20)18-14-8-9-23(21,22)16-5-3-2-4-12(14)16/h2-7,10,14,19H,8-9H2,1H3,(H,18,20). The van der Waals surface area contributed by atoms with Crippen molar-refractivity contribution in [2.75, 3.05) is 5.75 Å². The first kappa shape index (κ1) is 15.6. The van der Waals surface area contributed by atoms with Crippen molar-refractivity contribution in [2.24, 2.45) is 0 Å². The molecule has 120 valence electrons. The highest BCUT2D eigenvalue weighted by Gasteiger charge is 2.31. The molecule has 2 aromatic carbocycles. The van der Waals surface area contributed by atoms with Crippen LogP contribution in [-0.2, 0) is 9.84 Å². The summed E-state index contributed by atoms with van der Waals surface area (Å²) in [7, 11) is -3.29. The molecule has 5 nitrogen and oxygen atoms in total. The number of carbonyl (C=O) groups excluding carboxylic acids is 1. The van der Waals surface area contributed by atoms with Crippen LogP contribution in [0, 0.1) is 6.92 Å². The Kier molecular flexibility index (Phi) is 3.85. The van der Waals surface area contributed by atoms with E-state index in [9.17, 15) is 18.3 Å². The monoisotopic (exact) mass is 331 g/mol. The van der Waals surface area contributed by atoms with Crippen LogP contribution in [0.15, 0.2) is 47.4 Å². The van der Waals surface area contributed by atoms with E-state index in [4.69, 9.17) is 0 Å². The summed E-state index contributed by atoms with van der Waals surface area (Å²) in [6, 6.07) is 11.1. The Bertz CT molecular complexity index is 874. The van der Waals surface area contributed by atoms with Gasteiger partial charge < -0.3 is 10.4 Å². The number of hydrogen-bond donors (Lipinski definition) is 2. The van der Waals surface area contributed by atoms with E-state index < -0.39 is 15.7 Å². The van der Waals surface area contributed by atoms with Gasteiger partial charge in [-0.15, -0.1) is 0 Å². The van der Waals surface area contributed by atoms with Crippen LogP contribution in [0.1, 0.15) is 33.9 Å². The molecular formula is C17H17NO4S. The lowest BCUT2D eigenvalue weighted by molar-refractivity contribution is 0.0932. The zero-order chi connectivity index (χ0) is 16.6. The van der Waals surface area contributed by atoms with E-state index in [1.165, 1.54) is 6.07 Å². The maximum atomic E-state index is 12.4. The second kappa shape index (κ2) is 5.70. The SMILES string of the molecule is Cc1ccc(C(=O)NC2CCS(=O)(=O)c3ccccc32)c(O)c1. The van der Waals surface area contributed by atoms with Gasteiger partial charge in [-0.25, -0.2) is 8.42 Å². The van der Waals surface area contributed by atoms with Crippen molar-refractivity contribution in [3.63, 3.8) is 0 Å². The van der Waals surface area contributed by atoms with Crippen molar-refractivity contribution in [2.45, 2.75) is 24.3 Å². The molecular weight excluding hydrogens is 314 g/mol. The fourth-order valence-electron chi connectivity index (χ4n) is 2.81. The van der Waals surface area contributed by atoms with Gasteiger partial charge in [0.2, 0.25) is 0 Å². The molecule has 1 aliphatic rings. The van der Waals surface area contributed by atoms with Gasteiger partial charge >= 0.3 is 0 Å². The van der Waals surface area contributed by atoms with Crippen molar-refractivity contribution in [1.82, 2.24) is 5.32 Å². The molecule has 0 radical (unpaired) electrons. The van der Waals surface area contributed by atoms with Crippen LogP contribution in [0.3, 0.4) is 0 Å². The summed E-state index contributed by atoms with van der Waals surface area (Å²) in [4.78, 5) is 12.7. The van der Waals surface area contributed by atoms with Crippen LogP contribution >= 0.6 is 0 Å². The minimum Gasteiger partial charge on any atom is -0.507 e. The van der Waals surface area contributed by atoms with Crippen molar-refractivity contribution in [1.29, 1.82) is 0 Å². The van der Waals surface area contributed by atoms with Crippen molar-refractivity contribution in [3.8, 4) is 5.75 Å². The highest BCUT2D eigenvalue weighted by molar-refractivity contribution is 7.91. The Morgan fingerprint density at radius 2 is 1.96 bits per heavy atom. The third-order valence-electron chi connectivity index (χ3n) is 4.01. The van der Waals surface area contributed by atoms with Crippen molar-refractivity contribution in [3.05, 3.63) is 59.2 Å². The average Bonchev–Trinajstić information content (AvgIpc) is 2.50. The lowest BCUT2D eigenvalue weighted by Gasteiger charge is -2.26. The number of aromatic hydroxyl groups is 1. The predicted molar refractivity (Wildman–Crippen MR) is 86.2 cm³/mol. The largest absolute Gasteiger partial charge is 0.507 e.